The molecule has 1 aliphatic carbocycles. The summed E-state index contributed by atoms with van der Waals surface area (Å²) in [6.45, 7) is 1.63. The first-order valence-corrected chi connectivity index (χ1v) is 7.68. The summed E-state index contributed by atoms with van der Waals surface area (Å²) in [5.74, 6) is 0.339. The Hall–Kier alpha value is -3.10. The Bertz CT molecular complexity index is 973. The normalized spacial score (nSPS) is 15.4. The average molecular weight is 325 g/mol. The van der Waals surface area contributed by atoms with Crippen molar-refractivity contribution in [2.45, 2.75) is 31.7 Å². The van der Waals surface area contributed by atoms with Gasteiger partial charge in [0.05, 0.1) is 12.0 Å². The highest BCUT2D eigenvalue weighted by Crippen LogP contribution is 2.38. The van der Waals surface area contributed by atoms with Crippen LogP contribution in [0.4, 0.5) is 5.82 Å². The Morgan fingerprint density at radius 1 is 1.33 bits per heavy atom. The molecule has 24 heavy (non-hydrogen) atoms. The Kier molecular flexibility index (Phi) is 3.33. The number of aromatic nitrogens is 6. The van der Waals surface area contributed by atoms with Crippen LogP contribution >= 0.6 is 0 Å². The lowest BCUT2D eigenvalue weighted by Crippen LogP contribution is -2.33. The summed E-state index contributed by atoms with van der Waals surface area (Å²) in [5.41, 5.74) is 1.53. The van der Waals surface area contributed by atoms with E-state index in [9.17, 15) is 9.59 Å². The van der Waals surface area contributed by atoms with Crippen LogP contribution in [0, 0.1) is 0 Å². The Labute approximate surface area is 136 Å². The van der Waals surface area contributed by atoms with E-state index in [0.717, 1.165) is 18.5 Å². The second-order valence-electron chi connectivity index (χ2n) is 5.80. The Morgan fingerprint density at radius 2 is 2.17 bits per heavy atom. The van der Waals surface area contributed by atoms with Crippen molar-refractivity contribution in [1.82, 2.24) is 29.7 Å². The molecule has 0 spiro atoms. The molecule has 0 aliphatic heterocycles. The molecule has 0 radical (unpaired) electrons. The minimum absolute atomic E-state index is 0.309. The number of hydrogen-bond donors (Lipinski definition) is 2. The predicted molar refractivity (Wildman–Crippen MR) is 85.5 cm³/mol. The van der Waals surface area contributed by atoms with Crippen molar-refractivity contribution in [3.05, 3.63) is 40.8 Å². The largest absolute Gasteiger partial charge is 0.340 e. The predicted octanol–water partition coefficient (Wildman–Crippen LogP) is 0.987. The van der Waals surface area contributed by atoms with Crippen molar-refractivity contribution in [3.8, 4) is 0 Å². The maximum absolute atomic E-state index is 12.5. The van der Waals surface area contributed by atoms with Crippen molar-refractivity contribution in [2.75, 3.05) is 5.32 Å². The van der Waals surface area contributed by atoms with Gasteiger partial charge < -0.3 is 10.3 Å². The third kappa shape index (κ3) is 2.53. The summed E-state index contributed by atoms with van der Waals surface area (Å²) >= 11 is 0. The number of rotatable bonds is 4. The zero-order valence-electron chi connectivity index (χ0n) is 12.9. The molecule has 1 unspecified atom stereocenters. The molecule has 0 saturated heterocycles. The zero-order chi connectivity index (χ0) is 16.7. The van der Waals surface area contributed by atoms with E-state index in [-0.39, 0.29) is 11.5 Å². The smallest absolute Gasteiger partial charge is 0.267 e. The number of carbonyl (C=O) groups is 1. The van der Waals surface area contributed by atoms with E-state index in [2.05, 4.69) is 30.4 Å². The molecule has 2 N–H and O–H groups in total. The minimum atomic E-state index is -0.760. The molecule has 1 saturated carbocycles. The zero-order valence-corrected chi connectivity index (χ0v) is 12.9. The highest BCUT2D eigenvalue weighted by molar-refractivity contribution is 5.98. The van der Waals surface area contributed by atoms with Gasteiger partial charge in [-0.2, -0.15) is 5.10 Å². The number of anilines is 1. The van der Waals surface area contributed by atoms with Crippen LogP contribution in [0.15, 0.2) is 29.6 Å². The van der Waals surface area contributed by atoms with Crippen molar-refractivity contribution in [3.63, 3.8) is 0 Å². The lowest BCUT2D eigenvalue weighted by atomic mass is 10.2. The van der Waals surface area contributed by atoms with Gasteiger partial charge in [-0.3, -0.25) is 9.59 Å². The van der Waals surface area contributed by atoms with Crippen molar-refractivity contribution in [2.24, 2.45) is 0 Å². The van der Waals surface area contributed by atoms with E-state index >= 15 is 0 Å². The fourth-order valence-electron chi connectivity index (χ4n) is 2.51. The number of amides is 1. The van der Waals surface area contributed by atoms with Gasteiger partial charge in [-0.15, -0.1) is 0 Å². The molecule has 3 aromatic rings. The second-order valence-corrected chi connectivity index (χ2v) is 5.80. The molecule has 1 fully saturated rings. The Balaban J connectivity index is 1.61. The molecule has 0 bridgehead atoms. The summed E-state index contributed by atoms with van der Waals surface area (Å²) in [7, 11) is 0. The van der Waals surface area contributed by atoms with Gasteiger partial charge in [0.25, 0.3) is 5.56 Å². The van der Waals surface area contributed by atoms with E-state index in [1.165, 1.54) is 23.4 Å². The van der Waals surface area contributed by atoms with Gasteiger partial charge in [0.15, 0.2) is 11.5 Å². The van der Waals surface area contributed by atoms with E-state index < -0.39 is 6.04 Å². The lowest BCUT2D eigenvalue weighted by Gasteiger charge is -2.14. The summed E-state index contributed by atoms with van der Waals surface area (Å²) in [6.07, 6.45) is 4.94. The maximum atomic E-state index is 12.5. The standard InChI is InChI=1S/C15H15N7O2/c1-8(22-11(23)5-4-10(21-22)9-2-3-9)15(24)20-14-12-13(17-6-16-12)18-7-19-14/h4-9H,2-3H2,1H3,(H2,16,17,18,19,20,24). The quantitative estimate of drug-likeness (QED) is 0.738. The average Bonchev–Trinajstić information content (AvgIpc) is 3.32. The maximum Gasteiger partial charge on any atom is 0.267 e. The summed E-state index contributed by atoms with van der Waals surface area (Å²) in [4.78, 5) is 39.5. The fourth-order valence-corrected chi connectivity index (χ4v) is 2.51. The van der Waals surface area contributed by atoms with Crippen LogP contribution in [0.5, 0.6) is 0 Å². The highest BCUT2D eigenvalue weighted by Gasteiger charge is 2.27. The molecule has 3 heterocycles. The molecule has 9 nitrogen and oxygen atoms in total. The van der Waals surface area contributed by atoms with Crippen molar-refractivity contribution >= 4 is 22.9 Å². The molecule has 9 heteroatoms. The number of fused-ring (bicyclic) bond motifs is 1. The first-order chi connectivity index (χ1) is 11.6. The second kappa shape index (κ2) is 5.52. The summed E-state index contributed by atoms with van der Waals surface area (Å²) in [5, 5.41) is 7.04. The monoisotopic (exact) mass is 325 g/mol. The molecule has 122 valence electrons. The molecule has 3 aromatic heterocycles. The van der Waals surface area contributed by atoms with E-state index in [1.807, 2.05) is 0 Å². The first-order valence-electron chi connectivity index (χ1n) is 7.68. The van der Waals surface area contributed by atoms with Gasteiger partial charge in [0.1, 0.15) is 17.9 Å². The van der Waals surface area contributed by atoms with Gasteiger partial charge in [0, 0.05) is 12.0 Å². The molecule has 0 aromatic carbocycles. The van der Waals surface area contributed by atoms with Crippen LogP contribution in [0.1, 0.15) is 37.4 Å². The number of H-pyrrole nitrogens is 1. The number of nitrogens with one attached hydrogen (secondary N) is 2. The van der Waals surface area contributed by atoms with Crippen LogP contribution in [0.2, 0.25) is 0 Å². The molecule has 1 atom stereocenters. The molecular weight excluding hydrogens is 310 g/mol. The summed E-state index contributed by atoms with van der Waals surface area (Å²) in [6, 6.07) is 2.44. The molecule has 1 aliphatic rings. The minimum Gasteiger partial charge on any atom is -0.340 e. The van der Waals surface area contributed by atoms with Crippen LogP contribution < -0.4 is 10.9 Å². The van der Waals surface area contributed by atoms with Crippen molar-refractivity contribution < 1.29 is 4.79 Å². The van der Waals surface area contributed by atoms with Gasteiger partial charge in [0.2, 0.25) is 5.91 Å². The summed E-state index contributed by atoms with van der Waals surface area (Å²) < 4.78 is 1.22. The van der Waals surface area contributed by atoms with Gasteiger partial charge >= 0.3 is 0 Å². The topological polar surface area (TPSA) is 118 Å². The lowest BCUT2D eigenvalue weighted by molar-refractivity contribution is -0.119. The number of imidazole rings is 1. The molecule has 1 amide bonds. The van der Waals surface area contributed by atoms with E-state index in [1.54, 1.807) is 13.0 Å². The van der Waals surface area contributed by atoms with E-state index in [4.69, 9.17) is 0 Å². The molecule has 4 rings (SSSR count). The third-order valence-corrected chi connectivity index (χ3v) is 4.05. The van der Waals surface area contributed by atoms with Gasteiger partial charge in [-0.1, -0.05) is 0 Å². The van der Waals surface area contributed by atoms with Crippen LogP contribution in [0.25, 0.3) is 11.2 Å². The highest BCUT2D eigenvalue weighted by atomic mass is 16.2. The first kappa shape index (κ1) is 14.5. The third-order valence-electron chi connectivity index (χ3n) is 4.05. The molecular formula is C15H15N7O2. The van der Waals surface area contributed by atoms with Gasteiger partial charge in [-0.05, 0) is 25.8 Å². The van der Waals surface area contributed by atoms with Gasteiger partial charge in [-0.25, -0.2) is 19.6 Å². The number of hydrogen-bond acceptors (Lipinski definition) is 6. The van der Waals surface area contributed by atoms with Crippen LogP contribution in [0.3, 0.4) is 0 Å². The van der Waals surface area contributed by atoms with E-state index in [0.29, 0.717) is 22.9 Å². The van der Waals surface area contributed by atoms with Crippen molar-refractivity contribution in [1.29, 1.82) is 0 Å². The van der Waals surface area contributed by atoms with Crippen LogP contribution in [-0.4, -0.2) is 35.6 Å². The number of nitrogens with zero attached hydrogens (tertiary/aromatic N) is 5. The number of carbonyl (C=O) groups excluding carboxylic acids is 1. The van der Waals surface area contributed by atoms with Crippen LogP contribution in [-0.2, 0) is 4.79 Å². The Morgan fingerprint density at radius 3 is 2.96 bits per heavy atom. The SMILES string of the molecule is CC(C(=O)Nc1ncnc2nc[nH]c12)n1nc(C2CC2)ccc1=O. The fraction of sp³-hybridized carbons (Fsp3) is 0.333. The number of aromatic amines is 1.